The Hall–Kier alpha value is -2.54. The van der Waals surface area contributed by atoms with Gasteiger partial charge >= 0.3 is 5.97 Å². The number of fused-ring (bicyclic) bond motifs is 1. The Labute approximate surface area is 134 Å². The summed E-state index contributed by atoms with van der Waals surface area (Å²) >= 11 is 5.86. The number of pyridine rings is 1. The first-order valence-electron chi connectivity index (χ1n) is 6.59. The van der Waals surface area contributed by atoms with Crippen LogP contribution >= 0.6 is 11.6 Å². The number of aromatic carboxylic acids is 1. The molecule has 1 N–H and O–H groups in total. The molecule has 2 heterocycles. The first-order valence-corrected chi connectivity index (χ1v) is 6.97. The van der Waals surface area contributed by atoms with E-state index in [1.54, 1.807) is 12.1 Å². The summed E-state index contributed by atoms with van der Waals surface area (Å²) in [6.45, 7) is -0.582. The molecule has 8 heteroatoms. The van der Waals surface area contributed by atoms with Crippen LogP contribution < -0.4 is 0 Å². The smallest absolute Gasteiger partial charge is 0.335 e. The molecule has 0 aliphatic heterocycles. The maximum atomic E-state index is 12.7. The van der Waals surface area contributed by atoms with E-state index in [9.17, 15) is 13.6 Å². The van der Waals surface area contributed by atoms with Crippen molar-refractivity contribution in [2.75, 3.05) is 0 Å². The van der Waals surface area contributed by atoms with E-state index in [4.69, 9.17) is 16.7 Å². The van der Waals surface area contributed by atoms with Gasteiger partial charge in [0.05, 0.1) is 11.1 Å². The number of aromatic nitrogens is 3. The molecule has 0 spiro atoms. The molecule has 0 amide bonds. The summed E-state index contributed by atoms with van der Waals surface area (Å²) in [4.78, 5) is 15.0. The van der Waals surface area contributed by atoms with E-state index in [-0.39, 0.29) is 10.7 Å². The van der Waals surface area contributed by atoms with E-state index in [0.717, 1.165) is 4.68 Å². The molecule has 0 unspecified atom stereocenters. The first-order chi connectivity index (χ1) is 11.0. The van der Waals surface area contributed by atoms with Gasteiger partial charge in [-0.25, -0.2) is 18.6 Å². The van der Waals surface area contributed by atoms with Gasteiger partial charge in [0.15, 0.2) is 0 Å². The zero-order valence-corrected chi connectivity index (χ0v) is 12.3. The topological polar surface area (TPSA) is 68.0 Å². The van der Waals surface area contributed by atoms with Gasteiger partial charge in [-0.1, -0.05) is 11.6 Å². The second-order valence-corrected chi connectivity index (χ2v) is 5.21. The molecule has 5 nitrogen and oxygen atoms in total. The fourth-order valence-corrected chi connectivity index (χ4v) is 2.52. The lowest BCUT2D eigenvalue weighted by Crippen LogP contribution is -2.08. The second kappa shape index (κ2) is 5.92. The molecule has 1 aromatic carbocycles. The third-order valence-electron chi connectivity index (χ3n) is 3.31. The summed E-state index contributed by atoms with van der Waals surface area (Å²) in [7, 11) is 0. The van der Waals surface area contributed by atoms with Crippen LogP contribution in [0.1, 0.15) is 10.4 Å². The van der Waals surface area contributed by atoms with Crippen LogP contribution in [-0.4, -0.2) is 32.3 Å². The van der Waals surface area contributed by atoms with E-state index in [0.29, 0.717) is 22.2 Å². The van der Waals surface area contributed by atoms with Crippen LogP contribution in [0.25, 0.3) is 22.2 Å². The van der Waals surface area contributed by atoms with Crippen molar-refractivity contribution < 1.29 is 18.7 Å². The van der Waals surface area contributed by atoms with E-state index in [1.165, 1.54) is 24.4 Å². The molecule has 0 fully saturated rings. The molecule has 0 saturated heterocycles. The van der Waals surface area contributed by atoms with Crippen LogP contribution in [0.3, 0.4) is 0 Å². The van der Waals surface area contributed by atoms with Crippen LogP contribution in [0.2, 0.25) is 5.15 Å². The van der Waals surface area contributed by atoms with Crippen molar-refractivity contribution in [3.8, 4) is 11.3 Å². The van der Waals surface area contributed by atoms with Crippen molar-refractivity contribution in [2.45, 2.75) is 13.0 Å². The average Bonchev–Trinajstić information content (AvgIpc) is 2.84. The number of carbonyl (C=O) groups is 1. The normalized spacial score (nSPS) is 11.3. The zero-order valence-electron chi connectivity index (χ0n) is 11.6. The molecule has 0 bridgehead atoms. The lowest BCUT2D eigenvalue weighted by molar-refractivity contribution is 0.0697. The summed E-state index contributed by atoms with van der Waals surface area (Å²) in [6.07, 6.45) is -1.11. The molecular formula is C15H10ClF2N3O2. The van der Waals surface area contributed by atoms with E-state index in [2.05, 4.69) is 10.1 Å². The fourth-order valence-electron chi connectivity index (χ4n) is 2.35. The van der Waals surface area contributed by atoms with Crippen LogP contribution in [0.15, 0.2) is 36.5 Å². The van der Waals surface area contributed by atoms with Crippen molar-refractivity contribution in [1.82, 2.24) is 14.8 Å². The molecule has 2 aromatic heterocycles. The lowest BCUT2D eigenvalue weighted by Gasteiger charge is -2.02. The van der Waals surface area contributed by atoms with Crippen molar-refractivity contribution in [3.05, 3.63) is 47.2 Å². The Bertz CT molecular complexity index is 896. The largest absolute Gasteiger partial charge is 0.478 e. The van der Waals surface area contributed by atoms with Gasteiger partial charge in [0.2, 0.25) is 0 Å². The highest BCUT2D eigenvalue weighted by molar-refractivity contribution is 6.29. The number of nitrogens with zero attached hydrogens (tertiary/aromatic N) is 3. The summed E-state index contributed by atoms with van der Waals surface area (Å²) < 4.78 is 26.7. The van der Waals surface area contributed by atoms with E-state index in [1.807, 2.05) is 0 Å². The minimum absolute atomic E-state index is 0.0514. The highest BCUT2D eigenvalue weighted by Gasteiger charge is 2.17. The lowest BCUT2D eigenvalue weighted by atomic mass is 10.1. The van der Waals surface area contributed by atoms with Crippen molar-refractivity contribution in [3.63, 3.8) is 0 Å². The quantitative estimate of drug-likeness (QED) is 0.737. The van der Waals surface area contributed by atoms with Gasteiger partial charge in [-0.05, 0) is 30.3 Å². The van der Waals surface area contributed by atoms with Crippen molar-refractivity contribution in [2.24, 2.45) is 0 Å². The second-order valence-electron chi connectivity index (χ2n) is 4.83. The van der Waals surface area contributed by atoms with Gasteiger partial charge in [0.1, 0.15) is 17.4 Å². The molecule has 3 aromatic rings. The molecule has 0 saturated carbocycles. The van der Waals surface area contributed by atoms with E-state index < -0.39 is 18.9 Å². The Kier molecular flexibility index (Phi) is 3.96. The highest BCUT2D eigenvalue weighted by atomic mass is 35.5. The number of halogens is 3. The third-order valence-corrected chi connectivity index (χ3v) is 3.52. The summed E-state index contributed by atoms with van der Waals surface area (Å²) in [6, 6.07) is 7.42. The minimum atomic E-state index is -2.58. The average molecular weight is 338 g/mol. The molecule has 0 aliphatic rings. The van der Waals surface area contributed by atoms with Crippen molar-refractivity contribution >= 4 is 28.5 Å². The van der Waals surface area contributed by atoms with Crippen LogP contribution in [0.5, 0.6) is 0 Å². The standard InChI is InChI=1S/C15H10ClF2N3O2/c16-12-6-8(3-4-19-12)14-10-5-9(15(22)23)1-2-11(10)21(20-14)7-13(17)18/h1-6,13H,7H2,(H,22,23). The van der Waals surface area contributed by atoms with Gasteiger partial charge in [-0.2, -0.15) is 5.10 Å². The Morgan fingerprint density at radius 3 is 2.74 bits per heavy atom. The minimum Gasteiger partial charge on any atom is -0.478 e. The number of alkyl halides is 2. The molecular weight excluding hydrogens is 328 g/mol. The maximum absolute atomic E-state index is 12.7. The Morgan fingerprint density at radius 2 is 2.09 bits per heavy atom. The van der Waals surface area contributed by atoms with Crippen LogP contribution in [0.4, 0.5) is 8.78 Å². The SMILES string of the molecule is O=C(O)c1ccc2c(c1)c(-c1ccnc(Cl)c1)nn2CC(F)F. The summed E-state index contributed by atoms with van der Waals surface area (Å²) in [5.74, 6) is -1.10. The van der Waals surface area contributed by atoms with Gasteiger partial charge in [-0.3, -0.25) is 4.68 Å². The fraction of sp³-hybridized carbons (Fsp3) is 0.133. The Morgan fingerprint density at radius 1 is 1.30 bits per heavy atom. The van der Waals surface area contributed by atoms with Crippen LogP contribution in [-0.2, 0) is 6.54 Å². The van der Waals surface area contributed by atoms with Crippen LogP contribution in [0, 0.1) is 0 Å². The van der Waals surface area contributed by atoms with E-state index >= 15 is 0 Å². The molecule has 0 aliphatic carbocycles. The molecule has 118 valence electrons. The number of carboxylic acid groups (broad SMARTS) is 1. The van der Waals surface area contributed by atoms with Gasteiger partial charge in [-0.15, -0.1) is 0 Å². The van der Waals surface area contributed by atoms with Gasteiger partial charge in [0.25, 0.3) is 6.43 Å². The third kappa shape index (κ3) is 3.00. The number of carboxylic acids is 1. The molecule has 0 radical (unpaired) electrons. The number of hydrogen-bond acceptors (Lipinski definition) is 3. The number of hydrogen-bond donors (Lipinski definition) is 1. The maximum Gasteiger partial charge on any atom is 0.335 e. The monoisotopic (exact) mass is 337 g/mol. The summed E-state index contributed by atoms with van der Waals surface area (Å²) in [5, 5.41) is 14.0. The first kappa shape index (κ1) is 15.4. The van der Waals surface area contributed by atoms with Crippen molar-refractivity contribution in [1.29, 1.82) is 0 Å². The predicted molar refractivity (Wildman–Crippen MR) is 80.9 cm³/mol. The summed E-state index contributed by atoms with van der Waals surface area (Å²) in [5.41, 5.74) is 1.44. The predicted octanol–water partition coefficient (Wildman–Crippen LogP) is 3.72. The molecule has 0 atom stereocenters. The number of benzene rings is 1. The highest BCUT2D eigenvalue weighted by Crippen LogP contribution is 2.30. The Balaban J connectivity index is 2.26. The number of rotatable bonds is 4. The molecule has 3 rings (SSSR count). The molecule has 23 heavy (non-hydrogen) atoms. The van der Waals surface area contributed by atoms with Gasteiger partial charge < -0.3 is 5.11 Å². The van der Waals surface area contributed by atoms with Gasteiger partial charge in [0, 0.05) is 17.1 Å². The zero-order chi connectivity index (χ0) is 16.6.